The van der Waals surface area contributed by atoms with E-state index in [-0.39, 0.29) is 11.5 Å². The van der Waals surface area contributed by atoms with Gasteiger partial charge in [-0.25, -0.2) is 8.42 Å². The van der Waals surface area contributed by atoms with Gasteiger partial charge in [0.1, 0.15) is 0 Å². The third kappa shape index (κ3) is 3.32. The summed E-state index contributed by atoms with van der Waals surface area (Å²) in [4.78, 5) is 2.33. The summed E-state index contributed by atoms with van der Waals surface area (Å²) in [5, 5.41) is 9.33. The lowest BCUT2D eigenvalue weighted by Crippen LogP contribution is -2.49. The van der Waals surface area contributed by atoms with E-state index in [1.807, 2.05) is 0 Å². The number of β-amino-alcohol motifs (C(OH)–C–C–N with tert-alkyl or cyclic N) is 1. The fourth-order valence-electron chi connectivity index (χ4n) is 2.33. The fraction of sp³-hybridized carbons (Fsp3) is 0.538. The summed E-state index contributed by atoms with van der Waals surface area (Å²) in [6, 6.07) is 4.92. The number of piperazine rings is 1. The second-order valence-corrected chi connectivity index (χ2v) is 7.22. The minimum Gasteiger partial charge on any atom is -0.395 e. The number of halogens is 1. The Bertz CT molecular complexity index is 569. The molecule has 0 bridgehead atoms. The predicted molar refractivity (Wildman–Crippen MR) is 78.5 cm³/mol. The maximum Gasteiger partial charge on any atom is 0.243 e. The van der Waals surface area contributed by atoms with E-state index in [4.69, 9.17) is 16.7 Å². The molecule has 0 atom stereocenters. The third-order valence-electron chi connectivity index (χ3n) is 3.52. The zero-order chi connectivity index (χ0) is 14.8. The Morgan fingerprint density at radius 2 is 1.90 bits per heavy atom. The largest absolute Gasteiger partial charge is 0.395 e. The van der Waals surface area contributed by atoms with Gasteiger partial charge >= 0.3 is 0 Å². The Morgan fingerprint density at radius 3 is 2.50 bits per heavy atom. The molecule has 2 rings (SSSR count). The van der Waals surface area contributed by atoms with Crippen molar-refractivity contribution in [2.24, 2.45) is 0 Å². The van der Waals surface area contributed by atoms with Crippen LogP contribution in [-0.2, 0) is 10.0 Å². The van der Waals surface area contributed by atoms with Crippen LogP contribution in [0.2, 0.25) is 5.02 Å². The SMILES string of the molecule is Cc1ccc(Cl)cc1S(=O)(=O)N1CCN(CCO)CC1. The number of rotatable bonds is 4. The van der Waals surface area contributed by atoms with Crippen molar-refractivity contribution in [2.75, 3.05) is 39.3 Å². The number of nitrogens with zero attached hydrogens (tertiary/aromatic N) is 2. The lowest BCUT2D eigenvalue weighted by Gasteiger charge is -2.33. The van der Waals surface area contributed by atoms with Crippen LogP contribution >= 0.6 is 11.6 Å². The number of hydrogen-bond donors (Lipinski definition) is 1. The first-order valence-electron chi connectivity index (χ1n) is 6.54. The minimum absolute atomic E-state index is 0.0974. The molecule has 0 saturated carbocycles. The lowest BCUT2D eigenvalue weighted by molar-refractivity contribution is 0.151. The highest BCUT2D eigenvalue weighted by Crippen LogP contribution is 2.24. The molecule has 1 heterocycles. The number of aliphatic hydroxyl groups is 1. The highest BCUT2D eigenvalue weighted by Gasteiger charge is 2.29. The molecule has 1 fully saturated rings. The molecule has 0 amide bonds. The van der Waals surface area contributed by atoms with Crippen molar-refractivity contribution in [3.8, 4) is 0 Å². The first-order chi connectivity index (χ1) is 9.45. The van der Waals surface area contributed by atoms with Gasteiger partial charge in [-0.3, -0.25) is 4.90 Å². The molecule has 0 spiro atoms. The van der Waals surface area contributed by atoms with Gasteiger partial charge < -0.3 is 5.11 Å². The molecule has 20 heavy (non-hydrogen) atoms. The number of sulfonamides is 1. The van der Waals surface area contributed by atoms with Gasteiger partial charge in [0, 0.05) is 37.7 Å². The molecule has 0 radical (unpaired) electrons. The highest BCUT2D eigenvalue weighted by atomic mass is 35.5. The van der Waals surface area contributed by atoms with Gasteiger partial charge in [0.25, 0.3) is 0 Å². The predicted octanol–water partition coefficient (Wildman–Crippen LogP) is 0.947. The molecule has 1 aromatic carbocycles. The molecule has 0 unspecified atom stereocenters. The van der Waals surface area contributed by atoms with E-state index < -0.39 is 10.0 Å². The smallest absolute Gasteiger partial charge is 0.243 e. The zero-order valence-electron chi connectivity index (χ0n) is 11.4. The lowest BCUT2D eigenvalue weighted by atomic mass is 10.2. The average molecular weight is 319 g/mol. The summed E-state index contributed by atoms with van der Waals surface area (Å²) in [5.41, 5.74) is 0.701. The van der Waals surface area contributed by atoms with E-state index in [9.17, 15) is 8.42 Å². The molecule has 1 N–H and O–H groups in total. The number of aryl methyl sites for hydroxylation is 1. The van der Waals surface area contributed by atoms with E-state index in [1.165, 1.54) is 10.4 Å². The standard InChI is InChI=1S/C13H19ClN2O3S/c1-11-2-3-12(14)10-13(11)20(18,19)16-6-4-15(5-7-16)8-9-17/h2-3,10,17H,4-9H2,1H3. The molecule has 1 aromatic rings. The molecule has 1 saturated heterocycles. The van der Waals surface area contributed by atoms with Gasteiger partial charge in [0.2, 0.25) is 10.0 Å². The van der Waals surface area contributed by atoms with Gasteiger partial charge in [0.05, 0.1) is 11.5 Å². The van der Waals surface area contributed by atoms with Crippen molar-refractivity contribution in [3.63, 3.8) is 0 Å². The van der Waals surface area contributed by atoms with Crippen LogP contribution in [0.3, 0.4) is 0 Å². The fourth-order valence-corrected chi connectivity index (χ4v) is 4.24. The van der Waals surface area contributed by atoms with Crippen molar-refractivity contribution in [3.05, 3.63) is 28.8 Å². The normalized spacial score (nSPS) is 18.4. The van der Waals surface area contributed by atoms with Crippen LogP contribution in [0.4, 0.5) is 0 Å². The second kappa shape index (κ2) is 6.41. The Hall–Kier alpha value is -0.660. The summed E-state index contributed by atoms with van der Waals surface area (Å²) < 4.78 is 26.7. The minimum atomic E-state index is -3.49. The molecule has 1 aliphatic heterocycles. The van der Waals surface area contributed by atoms with Gasteiger partial charge in [-0.1, -0.05) is 17.7 Å². The Balaban J connectivity index is 2.18. The third-order valence-corrected chi connectivity index (χ3v) is 5.79. The molecule has 0 aliphatic carbocycles. The molecule has 0 aromatic heterocycles. The summed E-state index contributed by atoms with van der Waals surface area (Å²) in [5.74, 6) is 0. The highest BCUT2D eigenvalue weighted by molar-refractivity contribution is 7.89. The summed E-state index contributed by atoms with van der Waals surface area (Å²) in [6.45, 7) is 4.61. The van der Waals surface area contributed by atoms with Crippen LogP contribution in [0, 0.1) is 6.92 Å². The Morgan fingerprint density at radius 1 is 1.25 bits per heavy atom. The number of aliphatic hydroxyl groups excluding tert-OH is 1. The molecule has 5 nitrogen and oxygen atoms in total. The Kier molecular flexibility index (Phi) is 5.04. The maximum absolute atomic E-state index is 12.6. The number of hydrogen-bond acceptors (Lipinski definition) is 4. The first-order valence-corrected chi connectivity index (χ1v) is 8.36. The summed E-state index contributed by atoms with van der Waals surface area (Å²) in [6.07, 6.45) is 0. The van der Waals surface area contributed by atoms with Crippen LogP contribution in [0.15, 0.2) is 23.1 Å². The zero-order valence-corrected chi connectivity index (χ0v) is 13.0. The van der Waals surface area contributed by atoms with Crippen LogP contribution in [0.1, 0.15) is 5.56 Å². The monoisotopic (exact) mass is 318 g/mol. The van der Waals surface area contributed by atoms with E-state index >= 15 is 0 Å². The van der Waals surface area contributed by atoms with Gasteiger partial charge in [0.15, 0.2) is 0 Å². The molecular weight excluding hydrogens is 300 g/mol. The first kappa shape index (κ1) is 15.7. The van der Waals surface area contributed by atoms with Crippen molar-refractivity contribution >= 4 is 21.6 Å². The van der Waals surface area contributed by atoms with E-state index in [0.717, 1.165) is 0 Å². The summed E-state index contributed by atoms with van der Waals surface area (Å²) in [7, 11) is -3.49. The molecule has 1 aliphatic rings. The topological polar surface area (TPSA) is 60.9 Å². The van der Waals surface area contributed by atoms with Gasteiger partial charge in [-0.15, -0.1) is 0 Å². The molecular formula is C13H19ClN2O3S. The van der Waals surface area contributed by atoms with E-state index in [1.54, 1.807) is 19.1 Å². The van der Waals surface area contributed by atoms with Gasteiger partial charge in [-0.05, 0) is 24.6 Å². The van der Waals surface area contributed by atoms with Gasteiger partial charge in [-0.2, -0.15) is 4.31 Å². The van der Waals surface area contributed by atoms with Crippen LogP contribution in [0.5, 0.6) is 0 Å². The molecule has 7 heteroatoms. The Labute approximate surface area is 124 Å². The number of benzene rings is 1. The van der Waals surface area contributed by atoms with Crippen molar-refractivity contribution in [1.29, 1.82) is 0 Å². The quantitative estimate of drug-likeness (QED) is 0.898. The summed E-state index contributed by atoms with van der Waals surface area (Å²) >= 11 is 5.91. The van der Waals surface area contributed by atoms with Crippen molar-refractivity contribution in [1.82, 2.24) is 9.21 Å². The van der Waals surface area contributed by atoms with Crippen LogP contribution in [-0.4, -0.2) is 62.1 Å². The second-order valence-electron chi connectivity index (χ2n) is 4.88. The maximum atomic E-state index is 12.6. The van der Waals surface area contributed by atoms with E-state index in [0.29, 0.717) is 43.3 Å². The average Bonchev–Trinajstić information content (AvgIpc) is 2.42. The van der Waals surface area contributed by atoms with Crippen molar-refractivity contribution in [2.45, 2.75) is 11.8 Å². The molecule has 112 valence electrons. The van der Waals surface area contributed by atoms with E-state index in [2.05, 4.69) is 4.90 Å². The van der Waals surface area contributed by atoms with Crippen LogP contribution in [0.25, 0.3) is 0 Å². The van der Waals surface area contributed by atoms with Crippen LogP contribution < -0.4 is 0 Å². The van der Waals surface area contributed by atoms with Crippen molar-refractivity contribution < 1.29 is 13.5 Å².